The Morgan fingerprint density at radius 2 is 2.18 bits per heavy atom. The predicted molar refractivity (Wildman–Crippen MR) is 58.2 cm³/mol. The third-order valence-corrected chi connectivity index (χ3v) is 2.51. The highest BCUT2D eigenvalue weighted by Crippen LogP contribution is 2.21. The van der Waals surface area contributed by atoms with Crippen molar-refractivity contribution in [1.82, 2.24) is 9.78 Å². The van der Waals surface area contributed by atoms with Crippen molar-refractivity contribution < 1.29 is 13.9 Å². The highest BCUT2D eigenvalue weighted by Gasteiger charge is 2.14. The third-order valence-electron chi connectivity index (χ3n) is 2.51. The lowest BCUT2D eigenvalue weighted by molar-refractivity contribution is 0.173. The highest BCUT2D eigenvalue weighted by molar-refractivity contribution is 5.22. The summed E-state index contributed by atoms with van der Waals surface area (Å²) < 4.78 is 27.7. The van der Waals surface area contributed by atoms with Gasteiger partial charge in [-0.15, -0.1) is 0 Å². The van der Waals surface area contributed by atoms with Crippen LogP contribution in [0.1, 0.15) is 17.2 Å². The number of aliphatic hydroxyl groups is 1. The Morgan fingerprint density at radius 1 is 1.41 bits per heavy atom. The second-order valence-corrected chi connectivity index (χ2v) is 3.91. The quantitative estimate of drug-likeness (QED) is 0.887. The van der Waals surface area contributed by atoms with Gasteiger partial charge in [-0.25, -0.2) is 8.78 Å². The lowest BCUT2D eigenvalue weighted by atomic mass is 10.0. The van der Waals surface area contributed by atoms with Crippen molar-refractivity contribution in [1.29, 1.82) is 0 Å². The van der Waals surface area contributed by atoms with Gasteiger partial charge in [0.25, 0.3) is 0 Å². The maximum atomic E-state index is 13.4. The molecule has 0 bridgehead atoms. The van der Waals surface area contributed by atoms with Crippen LogP contribution < -0.4 is 0 Å². The van der Waals surface area contributed by atoms with Gasteiger partial charge >= 0.3 is 0 Å². The Morgan fingerprint density at radius 3 is 2.76 bits per heavy atom. The average molecular weight is 238 g/mol. The van der Waals surface area contributed by atoms with Gasteiger partial charge < -0.3 is 5.11 Å². The maximum Gasteiger partial charge on any atom is 0.131 e. The van der Waals surface area contributed by atoms with E-state index in [0.717, 1.165) is 17.7 Å². The topological polar surface area (TPSA) is 38.0 Å². The number of aryl methyl sites for hydroxylation is 1. The van der Waals surface area contributed by atoms with Crippen LogP contribution in [0.5, 0.6) is 0 Å². The zero-order valence-corrected chi connectivity index (χ0v) is 9.27. The molecule has 0 fully saturated rings. The Bertz CT molecular complexity index is 525. The van der Waals surface area contributed by atoms with E-state index in [1.54, 1.807) is 24.1 Å². The number of hydrogen-bond donors (Lipinski definition) is 1. The molecule has 1 aromatic carbocycles. The molecule has 1 atom stereocenters. The average Bonchev–Trinajstić information content (AvgIpc) is 2.63. The van der Waals surface area contributed by atoms with E-state index in [-0.39, 0.29) is 12.0 Å². The molecule has 3 nitrogen and oxygen atoms in total. The number of nitrogens with zero attached hydrogens (tertiary/aromatic N) is 2. The fourth-order valence-electron chi connectivity index (χ4n) is 1.68. The first kappa shape index (κ1) is 11.7. The van der Waals surface area contributed by atoms with Gasteiger partial charge in [-0.2, -0.15) is 5.10 Å². The van der Waals surface area contributed by atoms with E-state index in [4.69, 9.17) is 0 Å². The highest BCUT2D eigenvalue weighted by atomic mass is 19.1. The maximum absolute atomic E-state index is 13.4. The Labute approximate surface area is 97.3 Å². The van der Waals surface area contributed by atoms with Crippen LogP contribution in [0, 0.1) is 11.6 Å². The van der Waals surface area contributed by atoms with Crippen LogP contribution in [0.3, 0.4) is 0 Å². The minimum atomic E-state index is -1.00. The molecule has 17 heavy (non-hydrogen) atoms. The van der Waals surface area contributed by atoms with Crippen LogP contribution >= 0.6 is 0 Å². The van der Waals surface area contributed by atoms with E-state index in [1.807, 2.05) is 0 Å². The third kappa shape index (κ3) is 2.68. The standard InChI is InChI=1S/C12H12F2N2O/c1-16-7-8(6-15-16)4-12(17)10-3-2-9(13)5-11(10)14/h2-3,5-7,12,17H,4H2,1H3. The fraction of sp³-hybridized carbons (Fsp3) is 0.250. The molecule has 1 unspecified atom stereocenters. The number of rotatable bonds is 3. The zero-order chi connectivity index (χ0) is 12.4. The van der Waals surface area contributed by atoms with Crippen molar-refractivity contribution in [3.05, 3.63) is 53.4 Å². The molecule has 2 aromatic rings. The summed E-state index contributed by atoms with van der Waals surface area (Å²) in [6, 6.07) is 3.15. The van der Waals surface area contributed by atoms with Crippen LogP contribution in [-0.4, -0.2) is 14.9 Å². The second kappa shape index (κ2) is 4.63. The first-order valence-corrected chi connectivity index (χ1v) is 5.17. The summed E-state index contributed by atoms with van der Waals surface area (Å²) in [6.07, 6.45) is 2.59. The van der Waals surface area contributed by atoms with E-state index in [2.05, 4.69) is 5.10 Å². The minimum Gasteiger partial charge on any atom is -0.388 e. The van der Waals surface area contributed by atoms with E-state index < -0.39 is 17.7 Å². The molecule has 1 aromatic heterocycles. The largest absolute Gasteiger partial charge is 0.388 e. The molecule has 0 saturated carbocycles. The molecule has 1 heterocycles. The van der Waals surface area contributed by atoms with Gasteiger partial charge in [0, 0.05) is 31.3 Å². The molecule has 5 heteroatoms. The summed E-state index contributed by atoms with van der Waals surface area (Å²) in [5.41, 5.74) is 0.888. The number of aromatic nitrogens is 2. The van der Waals surface area contributed by atoms with Gasteiger partial charge in [0.2, 0.25) is 0 Å². The Kier molecular flexibility index (Phi) is 3.19. The van der Waals surface area contributed by atoms with Gasteiger partial charge in [0.15, 0.2) is 0 Å². The summed E-state index contributed by atoms with van der Waals surface area (Å²) >= 11 is 0. The smallest absolute Gasteiger partial charge is 0.131 e. The molecule has 0 aliphatic carbocycles. The van der Waals surface area contributed by atoms with Gasteiger partial charge in [-0.05, 0) is 11.6 Å². The van der Waals surface area contributed by atoms with Crippen molar-refractivity contribution in [3.8, 4) is 0 Å². The van der Waals surface area contributed by atoms with Crippen molar-refractivity contribution in [3.63, 3.8) is 0 Å². The van der Waals surface area contributed by atoms with Crippen LogP contribution in [0.4, 0.5) is 8.78 Å². The number of benzene rings is 1. The predicted octanol–water partition coefficient (Wildman–Crippen LogP) is 1.97. The fourth-order valence-corrected chi connectivity index (χ4v) is 1.68. The summed E-state index contributed by atoms with van der Waals surface area (Å²) in [4.78, 5) is 0. The number of aliphatic hydroxyl groups excluding tert-OH is 1. The monoisotopic (exact) mass is 238 g/mol. The van der Waals surface area contributed by atoms with E-state index in [0.29, 0.717) is 0 Å². The van der Waals surface area contributed by atoms with E-state index in [9.17, 15) is 13.9 Å². The normalized spacial score (nSPS) is 12.7. The van der Waals surface area contributed by atoms with Gasteiger partial charge in [0.05, 0.1) is 12.3 Å². The van der Waals surface area contributed by atoms with Crippen LogP contribution in [0.25, 0.3) is 0 Å². The molecular formula is C12H12F2N2O. The molecule has 0 spiro atoms. The first-order chi connectivity index (χ1) is 8.06. The molecule has 1 N–H and O–H groups in total. The molecular weight excluding hydrogens is 226 g/mol. The molecule has 0 aliphatic rings. The Balaban J connectivity index is 2.17. The second-order valence-electron chi connectivity index (χ2n) is 3.91. The van der Waals surface area contributed by atoms with Crippen LogP contribution in [0.15, 0.2) is 30.6 Å². The lowest BCUT2D eigenvalue weighted by Crippen LogP contribution is -2.04. The Hall–Kier alpha value is -1.75. The molecule has 0 radical (unpaired) electrons. The van der Waals surface area contributed by atoms with E-state index in [1.165, 1.54) is 6.07 Å². The summed E-state index contributed by atoms with van der Waals surface area (Å²) in [6.45, 7) is 0. The molecule has 0 aliphatic heterocycles. The van der Waals surface area contributed by atoms with Crippen molar-refractivity contribution in [2.24, 2.45) is 7.05 Å². The summed E-state index contributed by atoms with van der Waals surface area (Å²) in [5, 5.41) is 13.8. The van der Waals surface area contributed by atoms with Gasteiger partial charge in [-0.1, -0.05) is 6.07 Å². The summed E-state index contributed by atoms with van der Waals surface area (Å²) in [5.74, 6) is -1.39. The molecule has 2 rings (SSSR count). The summed E-state index contributed by atoms with van der Waals surface area (Å²) in [7, 11) is 1.76. The molecule has 0 amide bonds. The van der Waals surface area contributed by atoms with Crippen molar-refractivity contribution >= 4 is 0 Å². The zero-order valence-electron chi connectivity index (χ0n) is 9.27. The number of halogens is 2. The lowest BCUT2D eigenvalue weighted by Gasteiger charge is -2.10. The van der Waals surface area contributed by atoms with Crippen LogP contribution in [-0.2, 0) is 13.5 Å². The minimum absolute atomic E-state index is 0.0928. The van der Waals surface area contributed by atoms with E-state index >= 15 is 0 Å². The van der Waals surface area contributed by atoms with Gasteiger partial charge in [0.1, 0.15) is 11.6 Å². The number of hydrogen-bond acceptors (Lipinski definition) is 2. The first-order valence-electron chi connectivity index (χ1n) is 5.17. The molecule has 90 valence electrons. The van der Waals surface area contributed by atoms with Crippen molar-refractivity contribution in [2.75, 3.05) is 0 Å². The SMILES string of the molecule is Cn1cc(CC(O)c2ccc(F)cc2F)cn1. The van der Waals surface area contributed by atoms with Crippen LogP contribution in [0.2, 0.25) is 0 Å². The van der Waals surface area contributed by atoms with Gasteiger partial charge in [-0.3, -0.25) is 4.68 Å². The van der Waals surface area contributed by atoms with Crippen molar-refractivity contribution in [2.45, 2.75) is 12.5 Å². The molecule has 0 saturated heterocycles.